The zero-order valence-electron chi connectivity index (χ0n) is 16.3. The highest BCUT2D eigenvalue weighted by Gasteiger charge is 2.20. The molecule has 0 fully saturated rings. The number of nitrogens with one attached hydrogen (secondary N) is 1. The number of aliphatic imine (C=N–C) groups is 1. The third-order valence-corrected chi connectivity index (χ3v) is 4.54. The summed E-state index contributed by atoms with van der Waals surface area (Å²) in [5.41, 5.74) is 8.48. The van der Waals surface area contributed by atoms with Gasteiger partial charge in [-0.2, -0.15) is 0 Å². The predicted molar refractivity (Wildman–Crippen MR) is 113 cm³/mol. The molecule has 0 aliphatic carbocycles. The van der Waals surface area contributed by atoms with Crippen molar-refractivity contribution in [1.29, 1.82) is 0 Å². The molecule has 28 heavy (non-hydrogen) atoms. The van der Waals surface area contributed by atoms with Gasteiger partial charge < -0.3 is 10.5 Å². The molecule has 144 valence electrons. The van der Waals surface area contributed by atoms with E-state index in [4.69, 9.17) is 15.5 Å². The number of para-hydroxylation sites is 2. The maximum atomic E-state index is 10.7. The first-order valence-electron chi connectivity index (χ1n) is 9.16. The summed E-state index contributed by atoms with van der Waals surface area (Å²) < 4.78 is 6.25. The van der Waals surface area contributed by atoms with Crippen molar-refractivity contribution in [3.8, 4) is 17.0 Å². The molecule has 3 aromatic rings. The fourth-order valence-corrected chi connectivity index (χ4v) is 2.75. The number of pyridine rings is 1. The van der Waals surface area contributed by atoms with Crippen LogP contribution in [0.4, 0.5) is 5.69 Å². The van der Waals surface area contributed by atoms with Crippen molar-refractivity contribution < 1.29 is 9.53 Å². The van der Waals surface area contributed by atoms with Crippen molar-refractivity contribution in [3.05, 3.63) is 54.6 Å². The van der Waals surface area contributed by atoms with Gasteiger partial charge in [-0.1, -0.05) is 37.3 Å². The molecular formula is C22H24N4O2. The standard InChI is InChI=1S/C22H24N4O2/c1-4-22(2,3)28-20-12-8-6-10-16(20)19-13-18(26-21(23)24-14-27)15-9-5-7-11-17(15)25-19/h5-14H,4H2,1-3H3,(H3,23,24,25,26,27). The van der Waals surface area contributed by atoms with Gasteiger partial charge in [0.1, 0.15) is 11.4 Å². The molecule has 3 rings (SSSR count). The highest BCUT2D eigenvalue weighted by atomic mass is 16.5. The van der Waals surface area contributed by atoms with E-state index in [0.29, 0.717) is 12.1 Å². The second-order valence-corrected chi connectivity index (χ2v) is 7.01. The second-order valence-electron chi connectivity index (χ2n) is 7.01. The molecule has 0 aliphatic rings. The van der Waals surface area contributed by atoms with Gasteiger partial charge in [0.25, 0.3) is 0 Å². The molecule has 6 heteroatoms. The van der Waals surface area contributed by atoms with E-state index < -0.39 is 0 Å². The van der Waals surface area contributed by atoms with Crippen LogP contribution in [0.3, 0.4) is 0 Å². The first kappa shape index (κ1) is 19.4. The van der Waals surface area contributed by atoms with Crippen LogP contribution in [-0.4, -0.2) is 23.0 Å². The number of carbonyl (C=O) groups excluding carboxylic acids is 1. The number of nitrogens with two attached hydrogens (primary N) is 1. The number of guanidine groups is 1. The molecule has 0 saturated heterocycles. The quantitative estimate of drug-likeness (QED) is 0.384. The molecule has 1 heterocycles. The molecule has 0 unspecified atom stereocenters. The molecule has 1 aromatic heterocycles. The van der Waals surface area contributed by atoms with Crippen molar-refractivity contribution in [3.63, 3.8) is 0 Å². The summed E-state index contributed by atoms with van der Waals surface area (Å²) in [6.45, 7) is 6.20. The van der Waals surface area contributed by atoms with Crippen LogP contribution in [0.1, 0.15) is 27.2 Å². The van der Waals surface area contributed by atoms with Gasteiger partial charge >= 0.3 is 0 Å². The van der Waals surface area contributed by atoms with E-state index in [1.165, 1.54) is 0 Å². The van der Waals surface area contributed by atoms with E-state index in [1.807, 2.05) is 54.6 Å². The normalized spacial score (nSPS) is 12.0. The van der Waals surface area contributed by atoms with Gasteiger partial charge in [-0.15, -0.1) is 0 Å². The molecular weight excluding hydrogens is 352 g/mol. The number of aromatic nitrogens is 1. The summed E-state index contributed by atoms with van der Waals surface area (Å²) >= 11 is 0. The zero-order chi connectivity index (χ0) is 20.1. The molecule has 3 N–H and O–H groups in total. The zero-order valence-corrected chi connectivity index (χ0v) is 16.3. The molecule has 1 amide bonds. The number of fused-ring (bicyclic) bond motifs is 1. The first-order valence-corrected chi connectivity index (χ1v) is 9.16. The van der Waals surface area contributed by atoms with Crippen LogP contribution < -0.4 is 15.8 Å². The third kappa shape index (κ3) is 4.28. The Kier molecular flexibility index (Phi) is 5.59. The summed E-state index contributed by atoms with van der Waals surface area (Å²) in [5.74, 6) is 0.778. The smallest absolute Gasteiger partial charge is 0.213 e. The second kappa shape index (κ2) is 8.08. The van der Waals surface area contributed by atoms with Crippen LogP contribution in [0.2, 0.25) is 0 Å². The maximum Gasteiger partial charge on any atom is 0.213 e. The minimum atomic E-state index is -0.299. The van der Waals surface area contributed by atoms with E-state index in [0.717, 1.165) is 34.3 Å². The van der Waals surface area contributed by atoms with Crippen LogP contribution in [0.5, 0.6) is 5.75 Å². The van der Waals surface area contributed by atoms with Gasteiger partial charge in [-0.05, 0) is 44.5 Å². The number of benzene rings is 2. The minimum Gasteiger partial charge on any atom is -0.487 e. The summed E-state index contributed by atoms with van der Waals surface area (Å²) in [6, 6.07) is 17.3. The van der Waals surface area contributed by atoms with Gasteiger partial charge in [0.05, 0.1) is 16.9 Å². The van der Waals surface area contributed by atoms with E-state index in [2.05, 4.69) is 31.1 Å². The van der Waals surface area contributed by atoms with E-state index >= 15 is 0 Å². The topological polar surface area (TPSA) is 89.6 Å². The van der Waals surface area contributed by atoms with Crippen molar-refractivity contribution in [2.24, 2.45) is 10.7 Å². The Hall–Kier alpha value is -3.41. The van der Waals surface area contributed by atoms with Crippen molar-refractivity contribution in [2.75, 3.05) is 0 Å². The molecule has 0 spiro atoms. The Morgan fingerprint density at radius 2 is 1.93 bits per heavy atom. The number of nitrogens with zero attached hydrogens (tertiary/aromatic N) is 2. The summed E-state index contributed by atoms with van der Waals surface area (Å²) in [6.07, 6.45) is 1.37. The van der Waals surface area contributed by atoms with E-state index in [-0.39, 0.29) is 11.6 Å². The monoisotopic (exact) mass is 376 g/mol. The maximum absolute atomic E-state index is 10.7. The predicted octanol–water partition coefficient (Wildman–Crippen LogP) is 4.16. The third-order valence-electron chi connectivity index (χ3n) is 4.54. The van der Waals surface area contributed by atoms with Crippen LogP contribution >= 0.6 is 0 Å². The van der Waals surface area contributed by atoms with Crippen LogP contribution in [-0.2, 0) is 4.79 Å². The van der Waals surface area contributed by atoms with Gasteiger partial charge in [0.2, 0.25) is 6.41 Å². The average molecular weight is 376 g/mol. The van der Waals surface area contributed by atoms with Crippen LogP contribution in [0.15, 0.2) is 59.6 Å². The number of hydrogen-bond donors (Lipinski definition) is 2. The average Bonchev–Trinajstić information content (AvgIpc) is 2.68. The van der Waals surface area contributed by atoms with Crippen molar-refractivity contribution in [2.45, 2.75) is 32.8 Å². The van der Waals surface area contributed by atoms with Gasteiger partial charge in [0.15, 0.2) is 5.96 Å². The number of ether oxygens (including phenoxy) is 1. The van der Waals surface area contributed by atoms with E-state index in [9.17, 15) is 4.79 Å². The lowest BCUT2D eigenvalue weighted by molar-refractivity contribution is -0.108. The molecule has 0 bridgehead atoms. The number of rotatable bonds is 6. The molecule has 0 radical (unpaired) electrons. The van der Waals surface area contributed by atoms with Gasteiger partial charge in [0, 0.05) is 10.9 Å². The molecule has 6 nitrogen and oxygen atoms in total. The Morgan fingerprint density at radius 1 is 1.21 bits per heavy atom. The fourth-order valence-electron chi connectivity index (χ4n) is 2.75. The SMILES string of the molecule is CCC(C)(C)Oc1ccccc1-c1cc(N=C(N)NC=O)c2ccccc2n1. The van der Waals surface area contributed by atoms with Crippen molar-refractivity contribution in [1.82, 2.24) is 10.3 Å². The Bertz CT molecular complexity index is 1030. The summed E-state index contributed by atoms with van der Waals surface area (Å²) in [7, 11) is 0. The fraction of sp³-hybridized carbons (Fsp3) is 0.227. The van der Waals surface area contributed by atoms with Gasteiger partial charge in [-0.25, -0.2) is 9.98 Å². The highest BCUT2D eigenvalue weighted by Crippen LogP contribution is 2.36. The van der Waals surface area contributed by atoms with E-state index in [1.54, 1.807) is 0 Å². The first-order chi connectivity index (χ1) is 13.4. The molecule has 2 aromatic carbocycles. The Balaban J connectivity index is 2.17. The highest BCUT2D eigenvalue weighted by molar-refractivity contribution is 5.97. The number of carbonyl (C=O) groups is 1. The number of hydrogen-bond acceptors (Lipinski definition) is 4. The minimum absolute atomic E-state index is 0.0222. The number of amides is 1. The molecule has 0 atom stereocenters. The summed E-state index contributed by atoms with van der Waals surface area (Å²) in [4.78, 5) is 19.8. The lowest BCUT2D eigenvalue weighted by Crippen LogP contribution is -2.29. The Labute approximate surface area is 164 Å². The van der Waals surface area contributed by atoms with Crippen LogP contribution in [0.25, 0.3) is 22.2 Å². The lowest BCUT2D eigenvalue weighted by atomic mass is 10.0. The van der Waals surface area contributed by atoms with Gasteiger partial charge in [-0.3, -0.25) is 10.1 Å². The van der Waals surface area contributed by atoms with Crippen LogP contribution in [0, 0.1) is 0 Å². The molecule has 0 aliphatic heterocycles. The summed E-state index contributed by atoms with van der Waals surface area (Å²) in [5, 5.41) is 3.21. The largest absolute Gasteiger partial charge is 0.487 e. The lowest BCUT2D eigenvalue weighted by Gasteiger charge is -2.26. The van der Waals surface area contributed by atoms with Crippen molar-refractivity contribution >= 4 is 29.0 Å². The Morgan fingerprint density at radius 3 is 2.68 bits per heavy atom. The molecule has 0 saturated carbocycles.